The lowest BCUT2D eigenvalue weighted by atomic mass is 9.97. The van der Waals surface area contributed by atoms with Gasteiger partial charge in [-0.1, -0.05) is 21.3 Å². The fourth-order valence-electron chi connectivity index (χ4n) is 6.29. The fraction of sp³-hybridized carbons (Fsp3) is 0.804. The molecule has 36 heteroatoms. The third-order valence-electron chi connectivity index (χ3n) is 11.5. The van der Waals surface area contributed by atoms with E-state index in [1.54, 1.807) is 0 Å². The minimum absolute atomic E-state index is 0. The lowest BCUT2D eigenvalue weighted by Crippen LogP contribution is -2.53. The van der Waals surface area contributed by atoms with E-state index in [-0.39, 0.29) is 121 Å². The first kappa shape index (κ1) is 88.9. The Kier molecular flexibility index (Phi) is 54.5. The van der Waals surface area contributed by atoms with Crippen LogP contribution in [0.3, 0.4) is 0 Å². The maximum atomic E-state index is 12.1. The summed E-state index contributed by atoms with van der Waals surface area (Å²) in [5, 5.41) is 144. The number of ether oxygens (including phenoxy) is 2. The molecule has 0 bridgehead atoms. The van der Waals surface area contributed by atoms with Crippen molar-refractivity contribution in [1.82, 2.24) is 21.3 Å². The van der Waals surface area contributed by atoms with Crippen LogP contribution in [-0.4, -0.2) is 305 Å². The number of carbonyl (C=O) groups is 10. The van der Waals surface area contributed by atoms with Crippen LogP contribution in [0, 0.1) is 5.92 Å². The molecule has 14 atom stereocenters. The van der Waals surface area contributed by atoms with Crippen LogP contribution in [0.4, 0.5) is 0 Å². The zero-order chi connectivity index (χ0) is 66.5. The molecule has 0 aliphatic carbocycles. The normalized spacial score (nSPS) is 15.9. The first-order chi connectivity index (χ1) is 40.4. The second kappa shape index (κ2) is 53.3. The molecule has 4 amide bonds. The molecule has 0 spiro atoms. The average Bonchev–Trinajstić information content (AvgIpc) is 3.50. The number of ketones is 4. The SMILES string of the molecule is C.CC(CSCC(=O)CCCNC(=O)[C@@H](O)[C@H](O)[C@H](O)[C@@H](O)C(=O)CCCNC(=O)CSCC(N)C(=O)O)C(=O)O.CCCOCCCC(=O)[C@H](O)[C@@H](O)[C@@H](O)[C@H](O)C(=O)NCCOCCN.NCCCC(=O)[C@H](O)[C@@H](O)[C@@H](O)[C@H](O)C(=O)NCCN. The predicted molar refractivity (Wildman–Crippen MR) is 314 cm³/mol. The zero-order valence-corrected chi connectivity index (χ0v) is 50.0. The van der Waals surface area contributed by atoms with Gasteiger partial charge in [-0.2, -0.15) is 11.8 Å². The maximum Gasteiger partial charge on any atom is 0.321 e. The highest BCUT2D eigenvalue weighted by molar-refractivity contribution is 8.00. The number of carboxylic acids is 2. The van der Waals surface area contributed by atoms with Crippen molar-refractivity contribution in [2.24, 2.45) is 28.9 Å². The number of hydrogen-bond acceptors (Lipinski definition) is 30. The summed E-state index contributed by atoms with van der Waals surface area (Å²) in [5.41, 5.74) is 20.9. The molecular weight excluding hydrogens is 1200 g/mol. The molecular formula is C51H98N8O26S2. The summed E-state index contributed by atoms with van der Waals surface area (Å²) in [6.07, 6.45) is -23.0. The molecule has 0 fully saturated rings. The van der Waals surface area contributed by atoms with Gasteiger partial charge in [0.25, 0.3) is 17.7 Å². The van der Waals surface area contributed by atoms with Crippen LogP contribution in [0.2, 0.25) is 0 Å². The van der Waals surface area contributed by atoms with Gasteiger partial charge < -0.3 is 125 Å². The van der Waals surface area contributed by atoms with Crippen LogP contribution in [-0.2, 0) is 57.4 Å². The first-order valence-corrected chi connectivity index (χ1v) is 29.7. The van der Waals surface area contributed by atoms with Gasteiger partial charge in [-0.05, 0) is 38.6 Å². The van der Waals surface area contributed by atoms with Crippen molar-refractivity contribution in [1.29, 1.82) is 0 Å². The van der Waals surface area contributed by atoms with E-state index in [4.69, 9.17) is 42.6 Å². The van der Waals surface area contributed by atoms with E-state index in [0.717, 1.165) is 18.2 Å². The summed E-state index contributed by atoms with van der Waals surface area (Å²) in [6, 6.07) is -1.10. The quantitative estimate of drug-likeness (QED) is 0.0252. The summed E-state index contributed by atoms with van der Waals surface area (Å²) in [7, 11) is 0. The molecule has 0 rings (SSSR count). The van der Waals surface area contributed by atoms with Gasteiger partial charge in [0.2, 0.25) is 5.91 Å². The topological polar surface area (TPSA) is 625 Å². The van der Waals surface area contributed by atoms with Gasteiger partial charge in [0.05, 0.1) is 30.6 Å². The Hall–Kier alpha value is -4.52. The van der Waals surface area contributed by atoms with E-state index in [2.05, 4.69) is 21.3 Å². The number of nitrogens with one attached hydrogen (secondary N) is 4. The molecule has 0 aromatic carbocycles. The van der Waals surface area contributed by atoms with Crippen molar-refractivity contribution in [3.8, 4) is 0 Å². The molecule has 2 unspecified atom stereocenters. The Labute approximate surface area is 513 Å². The van der Waals surface area contributed by atoms with Gasteiger partial charge in [0.1, 0.15) is 66.8 Å². The number of aliphatic hydroxyl groups is 12. The highest BCUT2D eigenvalue weighted by atomic mass is 32.2. The van der Waals surface area contributed by atoms with Gasteiger partial charge in [-0.15, -0.1) is 11.8 Å². The van der Waals surface area contributed by atoms with E-state index < -0.39 is 138 Å². The fourth-order valence-corrected chi connectivity index (χ4v) is 8.08. The molecule has 0 aromatic heterocycles. The summed E-state index contributed by atoms with van der Waals surface area (Å²) in [4.78, 5) is 115. The second-order valence-corrected chi connectivity index (χ2v) is 21.1. The van der Waals surface area contributed by atoms with Crippen molar-refractivity contribution in [2.75, 3.05) is 95.3 Å². The number of hydrogen-bond donors (Lipinski definition) is 22. The minimum Gasteiger partial charge on any atom is -0.481 e. The van der Waals surface area contributed by atoms with Crippen LogP contribution >= 0.6 is 23.5 Å². The number of aliphatic hydroxyl groups excluding tert-OH is 12. The van der Waals surface area contributed by atoms with Crippen LogP contribution in [0.5, 0.6) is 0 Å². The van der Waals surface area contributed by atoms with Crippen molar-refractivity contribution < 1.29 is 129 Å². The molecule has 87 heavy (non-hydrogen) atoms. The number of rotatable bonds is 49. The number of amides is 4. The number of carbonyl (C=O) groups excluding carboxylic acids is 8. The zero-order valence-electron chi connectivity index (χ0n) is 48.3. The molecule has 0 aliphatic heterocycles. The lowest BCUT2D eigenvalue weighted by Gasteiger charge is -2.25. The number of nitrogens with two attached hydrogens (primary N) is 4. The minimum atomic E-state index is -2.19. The molecule has 26 N–H and O–H groups in total. The summed E-state index contributed by atoms with van der Waals surface area (Å²) in [6.45, 7) is 5.70. The maximum absolute atomic E-state index is 12.1. The van der Waals surface area contributed by atoms with Gasteiger partial charge in [0.15, 0.2) is 35.7 Å². The Morgan fingerprint density at radius 1 is 0.437 bits per heavy atom. The van der Waals surface area contributed by atoms with Gasteiger partial charge >= 0.3 is 11.9 Å². The largest absolute Gasteiger partial charge is 0.481 e. The third kappa shape index (κ3) is 41.4. The summed E-state index contributed by atoms with van der Waals surface area (Å²) >= 11 is 2.20. The van der Waals surface area contributed by atoms with Crippen LogP contribution in [0.25, 0.3) is 0 Å². The third-order valence-corrected chi connectivity index (χ3v) is 13.8. The number of thioether (sulfide) groups is 2. The Balaban J connectivity index is -0.000000632. The average molecular weight is 1300 g/mol. The molecule has 0 aromatic rings. The molecule has 510 valence electrons. The molecule has 0 saturated heterocycles. The molecule has 0 heterocycles. The standard InChI is InChI=1S/C23H39N3O12S2.C16H32N2O8.C11H23N3O6.CH4/c1-12(22(35)36)8-39-9-13(27)4-2-7-26-21(34)20(33)19(32)18(31)17(30)15(28)5-3-6-25-16(29)11-40-10-14(24)23(37)38;1-2-7-25-8-3-4-11(19)12(20)13(21)14(22)15(23)16(24)18-6-10-26-9-5-17;12-3-1-2-6(15)7(16)8(17)9(18)10(19)11(20)14-5-4-13;/h12,14,17-20,30-33H,2-11,24H2,1H3,(H,25,29)(H,26,34)(H,35,36)(H,37,38);12-15,20-23H,2-10,17H2,1H3,(H,18,24);7-10,16-19H,1-5,12-13H2,(H,14,20);1H4/t12?,14?,17-,18+,19+,20-;12-,13+,14+,15-;7-,8+,9+,10-;/m000./s1. The molecule has 0 saturated carbocycles. The van der Waals surface area contributed by atoms with Crippen LogP contribution in [0.15, 0.2) is 0 Å². The van der Waals surface area contributed by atoms with E-state index in [9.17, 15) is 109 Å². The Morgan fingerprint density at radius 3 is 1.28 bits per heavy atom. The van der Waals surface area contributed by atoms with Crippen molar-refractivity contribution in [2.45, 2.75) is 158 Å². The smallest absolute Gasteiger partial charge is 0.321 e. The summed E-state index contributed by atoms with van der Waals surface area (Å²) < 4.78 is 10.2. The molecule has 0 radical (unpaired) electrons. The number of aliphatic carboxylic acids is 2. The Bertz CT molecular complexity index is 1840. The highest BCUT2D eigenvalue weighted by Crippen LogP contribution is 2.14. The van der Waals surface area contributed by atoms with Crippen molar-refractivity contribution >= 4 is 82.2 Å². The van der Waals surface area contributed by atoms with E-state index in [1.807, 2.05) is 6.92 Å². The number of carboxylic acid groups (broad SMARTS) is 2. The number of Topliss-reactive ketones (excluding diaryl/α,β-unsaturated/α-hetero) is 4. The monoisotopic (exact) mass is 1300 g/mol. The highest BCUT2D eigenvalue weighted by Gasteiger charge is 2.39. The van der Waals surface area contributed by atoms with Crippen molar-refractivity contribution in [3.63, 3.8) is 0 Å². The summed E-state index contributed by atoms with van der Waals surface area (Å²) in [5.74, 6) is -8.27. The van der Waals surface area contributed by atoms with Crippen LogP contribution in [0.1, 0.15) is 79.1 Å². The molecule has 34 nitrogen and oxygen atoms in total. The van der Waals surface area contributed by atoms with Gasteiger partial charge in [0, 0.05) is 89.7 Å². The van der Waals surface area contributed by atoms with E-state index >= 15 is 0 Å². The van der Waals surface area contributed by atoms with E-state index in [0.29, 0.717) is 39.2 Å². The molecule has 0 aliphatic rings. The Morgan fingerprint density at radius 2 is 0.839 bits per heavy atom. The van der Waals surface area contributed by atoms with E-state index in [1.165, 1.54) is 18.7 Å². The second-order valence-electron chi connectivity index (χ2n) is 19.0. The van der Waals surface area contributed by atoms with Crippen molar-refractivity contribution in [3.05, 3.63) is 0 Å². The van der Waals surface area contributed by atoms with Gasteiger partial charge in [-0.3, -0.25) is 47.9 Å². The first-order valence-electron chi connectivity index (χ1n) is 27.4. The van der Waals surface area contributed by atoms with Gasteiger partial charge in [-0.25, -0.2) is 0 Å². The lowest BCUT2D eigenvalue weighted by molar-refractivity contribution is -0.154. The van der Waals surface area contributed by atoms with Crippen LogP contribution < -0.4 is 44.2 Å². The predicted octanol–water partition coefficient (Wildman–Crippen LogP) is -9.29.